The standard InChI is InChI=1S/C55H101N3O13/c1-7-11-15-19-23-27-31-49(59)68-43-47(44-69-50(60)32-28-24-20-16-12-8-2)41-53(63)66-39-37-58(55(65)56-35-36-57(5)6)38-40-67-54(64)42-48(45-70-51(61)33-29-25-21-17-13-9-3)46-71-52(62)34-30-26-22-18-14-10-4/h47-48H,7-46H2,1-6H3,(H,56,65). The molecule has 16 nitrogen and oxygen atoms in total. The van der Waals surface area contributed by atoms with Crippen LogP contribution in [-0.4, -0.2) is 132 Å². The molecule has 0 spiro atoms. The summed E-state index contributed by atoms with van der Waals surface area (Å²) in [5.41, 5.74) is 0. The molecular formula is C55H101N3O13. The number of amides is 2. The summed E-state index contributed by atoms with van der Waals surface area (Å²) in [6, 6.07) is -0.446. The largest absolute Gasteiger partial charge is 0.465 e. The maximum atomic E-state index is 13.3. The van der Waals surface area contributed by atoms with E-state index in [1.807, 2.05) is 19.0 Å². The third kappa shape index (κ3) is 44.5. The fraction of sp³-hybridized carbons (Fsp3) is 0.873. The normalized spacial score (nSPS) is 11.2. The minimum Gasteiger partial charge on any atom is -0.465 e. The Morgan fingerprint density at radius 1 is 0.366 bits per heavy atom. The smallest absolute Gasteiger partial charge is 0.317 e. The molecule has 0 heterocycles. The Bertz CT molecular complexity index is 1230. The fourth-order valence-corrected chi connectivity index (χ4v) is 7.60. The molecule has 0 unspecified atom stereocenters. The first kappa shape index (κ1) is 67.0. The van der Waals surface area contributed by atoms with Gasteiger partial charge in [0.25, 0.3) is 0 Å². The number of carbonyl (C=O) groups excluding carboxylic acids is 7. The van der Waals surface area contributed by atoms with E-state index in [2.05, 4.69) is 33.0 Å². The molecule has 0 aromatic heterocycles. The number of nitrogens with zero attached hydrogens (tertiary/aromatic N) is 2. The molecule has 1 N–H and O–H groups in total. The molecule has 0 aromatic carbocycles. The van der Waals surface area contributed by atoms with Gasteiger partial charge in [-0.15, -0.1) is 0 Å². The highest BCUT2D eigenvalue weighted by atomic mass is 16.6. The van der Waals surface area contributed by atoms with Crippen LogP contribution >= 0.6 is 0 Å². The monoisotopic (exact) mass is 1010 g/mol. The molecule has 2 amide bonds. The van der Waals surface area contributed by atoms with Crippen molar-refractivity contribution in [1.82, 2.24) is 15.1 Å². The predicted octanol–water partition coefficient (Wildman–Crippen LogP) is 10.8. The maximum absolute atomic E-state index is 13.3. The second kappa shape index (κ2) is 48.3. The molecule has 0 saturated heterocycles. The number of hydrogen-bond donors (Lipinski definition) is 1. The van der Waals surface area contributed by atoms with Crippen LogP contribution in [0.1, 0.15) is 220 Å². The molecule has 0 radical (unpaired) electrons. The second-order valence-corrected chi connectivity index (χ2v) is 19.4. The number of nitrogens with one attached hydrogen (secondary N) is 1. The van der Waals surface area contributed by atoms with Crippen LogP contribution in [-0.2, 0) is 57.2 Å². The van der Waals surface area contributed by atoms with Crippen LogP contribution in [0.2, 0.25) is 0 Å². The van der Waals surface area contributed by atoms with Gasteiger partial charge in [0.2, 0.25) is 0 Å². The summed E-state index contributed by atoms with van der Waals surface area (Å²) in [6.07, 6.45) is 25.3. The van der Waals surface area contributed by atoms with E-state index >= 15 is 0 Å². The molecule has 0 atom stereocenters. The summed E-state index contributed by atoms with van der Waals surface area (Å²) in [6.45, 7) is 8.71. The van der Waals surface area contributed by atoms with Gasteiger partial charge in [0.1, 0.15) is 13.2 Å². The SMILES string of the molecule is CCCCCCCCC(=O)OCC(COC(=O)CCCCCCCC)CC(=O)OCCN(CCOC(=O)CC(COC(=O)CCCCCCCC)COC(=O)CCCCCCCC)C(=O)NCCN(C)C. The van der Waals surface area contributed by atoms with Gasteiger partial charge in [-0.25, -0.2) is 4.79 Å². The van der Waals surface area contributed by atoms with E-state index < -0.39 is 29.8 Å². The Kier molecular flexibility index (Phi) is 45.6. The van der Waals surface area contributed by atoms with Crippen molar-refractivity contribution in [3.8, 4) is 0 Å². The lowest BCUT2D eigenvalue weighted by Crippen LogP contribution is -2.45. The molecule has 0 aromatic rings. The zero-order chi connectivity index (χ0) is 52.6. The number of carbonyl (C=O) groups is 7. The highest BCUT2D eigenvalue weighted by Gasteiger charge is 2.23. The molecular weight excluding hydrogens is 911 g/mol. The number of unbranched alkanes of at least 4 members (excludes halogenated alkanes) is 20. The zero-order valence-electron chi connectivity index (χ0n) is 45.6. The average molecular weight is 1010 g/mol. The Morgan fingerprint density at radius 2 is 0.648 bits per heavy atom. The van der Waals surface area contributed by atoms with Crippen molar-refractivity contribution in [1.29, 1.82) is 0 Å². The third-order valence-corrected chi connectivity index (χ3v) is 12.1. The number of rotatable bonds is 49. The summed E-state index contributed by atoms with van der Waals surface area (Å²) >= 11 is 0. The van der Waals surface area contributed by atoms with Crippen molar-refractivity contribution in [2.45, 2.75) is 220 Å². The number of ether oxygens (including phenoxy) is 6. The van der Waals surface area contributed by atoms with Gasteiger partial charge in [-0.1, -0.05) is 156 Å². The molecule has 0 bridgehead atoms. The first-order chi connectivity index (χ1) is 34.3. The Labute approximate surface area is 429 Å². The molecule has 71 heavy (non-hydrogen) atoms. The van der Waals surface area contributed by atoms with Gasteiger partial charge in [-0.2, -0.15) is 0 Å². The van der Waals surface area contributed by atoms with Crippen LogP contribution in [0, 0.1) is 11.8 Å². The quantitative estimate of drug-likeness (QED) is 0.0344. The molecule has 0 saturated carbocycles. The number of hydrogen-bond acceptors (Lipinski definition) is 14. The lowest BCUT2D eigenvalue weighted by Gasteiger charge is -2.24. The Balaban J connectivity index is 5.51. The lowest BCUT2D eigenvalue weighted by atomic mass is 10.1. The molecule has 0 fully saturated rings. The number of urea groups is 1. The van der Waals surface area contributed by atoms with E-state index in [-0.39, 0.29) is 115 Å². The maximum Gasteiger partial charge on any atom is 0.317 e. The van der Waals surface area contributed by atoms with Gasteiger partial charge in [0.05, 0.1) is 52.4 Å². The molecule has 414 valence electrons. The van der Waals surface area contributed by atoms with Gasteiger partial charge in [-0.3, -0.25) is 28.8 Å². The van der Waals surface area contributed by atoms with Gasteiger partial charge < -0.3 is 43.5 Å². The van der Waals surface area contributed by atoms with Crippen molar-refractivity contribution in [3.05, 3.63) is 0 Å². The van der Waals surface area contributed by atoms with Crippen molar-refractivity contribution in [3.63, 3.8) is 0 Å². The van der Waals surface area contributed by atoms with Crippen LogP contribution in [0.3, 0.4) is 0 Å². The van der Waals surface area contributed by atoms with Crippen molar-refractivity contribution in [2.75, 3.05) is 79.9 Å². The molecule has 16 heteroatoms. The summed E-state index contributed by atoms with van der Waals surface area (Å²) in [5.74, 6) is -3.93. The zero-order valence-corrected chi connectivity index (χ0v) is 45.6. The lowest BCUT2D eigenvalue weighted by molar-refractivity contribution is -0.155. The molecule has 0 aliphatic heterocycles. The second-order valence-electron chi connectivity index (χ2n) is 19.4. The van der Waals surface area contributed by atoms with E-state index in [1.165, 1.54) is 30.6 Å². The van der Waals surface area contributed by atoms with Crippen LogP contribution in [0.25, 0.3) is 0 Å². The van der Waals surface area contributed by atoms with E-state index in [0.717, 1.165) is 103 Å². The van der Waals surface area contributed by atoms with Crippen LogP contribution < -0.4 is 5.32 Å². The highest BCUT2D eigenvalue weighted by molar-refractivity contribution is 5.75. The minimum atomic E-state index is -0.620. The molecule has 0 aliphatic carbocycles. The van der Waals surface area contributed by atoms with E-state index in [9.17, 15) is 33.6 Å². The predicted molar refractivity (Wildman–Crippen MR) is 277 cm³/mol. The summed E-state index contributed by atoms with van der Waals surface area (Å²) in [4.78, 5) is 93.3. The first-order valence-electron chi connectivity index (χ1n) is 28.0. The summed E-state index contributed by atoms with van der Waals surface area (Å²) in [5, 5.41) is 2.84. The van der Waals surface area contributed by atoms with E-state index in [4.69, 9.17) is 28.4 Å². The van der Waals surface area contributed by atoms with Crippen LogP contribution in [0.4, 0.5) is 4.79 Å². The minimum absolute atomic E-state index is 0.0199. The van der Waals surface area contributed by atoms with Gasteiger partial charge in [0.15, 0.2) is 0 Å². The van der Waals surface area contributed by atoms with Crippen LogP contribution in [0.15, 0.2) is 0 Å². The molecule has 0 aliphatic rings. The van der Waals surface area contributed by atoms with E-state index in [0.29, 0.717) is 38.8 Å². The van der Waals surface area contributed by atoms with E-state index in [1.54, 1.807) is 0 Å². The van der Waals surface area contributed by atoms with Crippen LogP contribution in [0.5, 0.6) is 0 Å². The Hall–Kier alpha value is -3.95. The number of esters is 6. The van der Waals surface area contributed by atoms with Crippen molar-refractivity contribution < 1.29 is 62.0 Å². The highest BCUT2D eigenvalue weighted by Crippen LogP contribution is 2.15. The number of likely N-dealkylation sites (N-methyl/N-ethyl adjacent to an activating group) is 1. The molecule has 0 rings (SSSR count). The van der Waals surface area contributed by atoms with Crippen molar-refractivity contribution in [2.24, 2.45) is 11.8 Å². The average Bonchev–Trinajstić information content (AvgIpc) is 3.34. The summed E-state index contributed by atoms with van der Waals surface area (Å²) < 4.78 is 33.2. The van der Waals surface area contributed by atoms with Gasteiger partial charge in [0, 0.05) is 50.6 Å². The summed E-state index contributed by atoms with van der Waals surface area (Å²) in [7, 11) is 3.76. The third-order valence-electron chi connectivity index (χ3n) is 12.1. The Morgan fingerprint density at radius 3 is 0.930 bits per heavy atom. The fourth-order valence-electron chi connectivity index (χ4n) is 7.60. The first-order valence-corrected chi connectivity index (χ1v) is 28.0. The topological polar surface area (TPSA) is 193 Å². The van der Waals surface area contributed by atoms with Gasteiger partial charge >= 0.3 is 41.8 Å². The van der Waals surface area contributed by atoms with Crippen molar-refractivity contribution >= 4 is 41.8 Å². The van der Waals surface area contributed by atoms with Gasteiger partial charge in [-0.05, 0) is 39.8 Å².